The lowest BCUT2D eigenvalue weighted by Crippen LogP contribution is -2.22. The third kappa shape index (κ3) is 5.01. The van der Waals surface area contributed by atoms with E-state index in [0.29, 0.717) is 12.4 Å². The summed E-state index contributed by atoms with van der Waals surface area (Å²) in [5, 5.41) is 9.36. The lowest BCUT2D eigenvalue weighted by atomic mass is 10.1. The van der Waals surface area contributed by atoms with Crippen LogP contribution in [0.4, 0.5) is 4.39 Å². The molecular formula is C25H24FN3O2. The van der Waals surface area contributed by atoms with Gasteiger partial charge in [-0.25, -0.2) is 4.39 Å². The van der Waals surface area contributed by atoms with Gasteiger partial charge in [0.2, 0.25) is 0 Å². The normalized spacial score (nSPS) is 11.2. The highest BCUT2D eigenvalue weighted by atomic mass is 19.1. The van der Waals surface area contributed by atoms with Crippen LogP contribution in [0.2, 0.25) is 0 Å². The van der Waals surface area contributed by atoms with E-state index >= 15 is 0 Å². The number of amides is 1. The molecule has 158 valence electrons. The number of aromatic nitrogens is 1. The van der Waals surface area contributed by atoms with Crippen molar-refractivity contribution < 1.29 is 13.9 Å². The second kappa shape index (κ2) is 9.31. The summed E-state index contributed by atoms with van der Waals surface area (Å²) >= 11 is 0. The van der Waals surface area contributed by atoms with Crippen molar-refractivity contribution in [2.75, 3.05) is 14.1 Å². The van der Waals surface area contributed by atoms with Crippen LogP contribution < -0.4 is 4.74 Å². The number of carbonyl (C=O) groups excluding carboxylic acids is 1. The maximum Gasteiger partial charge on any atom is 0.264 e. The molecule has 0 aliphatic carbocycles. The molecule has 0 aliphatic rings. The van der Waals surface area contributed by atoms with E-state index in [0.717, 1.165) is 28.2 Å². The lowest BCUT2D eigenvalue weighted by molar-refractivity contribution is -0.124. The minimum absolute atomic E-state index is 0.0924. The van der Waals surface area contributed by atoms with Gasteiger partial charge < -0.3 is 14.2 Å². The number of rotatable bonds is 6. The predicted octanol–water partition coefficient (Wildman–Crippen LogP) is 4.81. The number of halogens is 1. The number of ether oxygens (including phenoxy) is 1. The number of hydrogen-bond donors (Lipinski definition) is 0. The Morgan fingerprint density at radius 2 is 1.77 bits per heavy atom. The average molecular weight is 417 g/mol. The first-order valence-corrected chi connectivity index (χ1v) is 9.80. The molecule has 0 atom stereocenters. The van der Waals surface area contributed by atoms with Gasteiger partial charge in [-0.15, -0.1) is 0 Å². The van der Waals surface area contributed by atoms with Crippen LogP contribution >= 0.6 is 0 Å². The summed E-state index contributed by atoms with van der Waals surface area (Å²) in [6.07, 6.45) is 1.63. The molecule has 3 aromatic rings. The largest absolute Gasteiger partial charge is 0.489 e. The number of nitrogens with zero attached hydrogens (tertiary/aromatic N) is 3. The smallest absolute Gasteiger partial charge is 0.264 e. The molecule has 1 heterocycles. The van der Waals surface area contributed by atoms with E-state index in [9.17, 15) is 14.4 Å². The average Bonchev–Trinajstić information content (AvgIpc) is 3.04. The highest BCUT2D eigenvalue weighted by Gasteiger charge is 2.15. The fraction of sp³-hybridized carbons (Fsp3) is 0.200. The molecule has 0 radical (unpaired) electrons. The summed E-state index contributed by atoms with van der Waals surface area (Å²) in [5.74, 6) is 0.113. The van der Waals surface area contributed by atoms with Gasteiger partial charge in [0.05, 0.1) is 0 Å². The van der Waals surface area contributed by atoms with Gasteiger partial charge in [-0.1, -0.05) is 12.1 Å². The number of aryl methyl sites for hydroxylation is 1. The van der Waals surface area contributed by atoms with Crippen LogP contribution in [-0.2, 0) is 11.4 Å². The highest BCUT2D eigenvalue weighted by molar-refractivity contribution is 6.01. The van der Waals surface area contributed by atoms with Crippen molar-refractivity contribution in [2.24, 2.45) is 0 Å². The Morgan fingerprint density at radius 1 is 1.13 bits per heavy atom. The van der Waals surface area contributed by atoms with Crippen LogP contribution in [0.1, 0.15) is 22.5 Å². The summed E-state index contributed by atoms with van der Waals surface area (Å²) in [4.78, 5) is 13.6. The standard InChI is InChI=1S/C25H24FN3O2/c1-17-13-20(14-21(15-27)25(30)28(3)4)18(2)29(17)23-9-11-24(12-10-23)31-16-19-5-7-22(26)8-6-19/h5-14H,16H2,1-4H3/b21-14-. The molecular weight excluding hydrogens is 393 g/mol. The number of nitriles is 1. The molecule has 3 rings (SSSR count). The molecule has 6 heteroatoms. The molecule has 0 unspecified atom stereocenters. The van der Waals surface area contributed by atoms with Gasteiger partial charge in [0.1, 0.15) is 29.8 Å². The quantitative estimate of drug-likeness (QED) is 0.427. The maximum atomic E-state index is 13.0. The maximum absolute atomic E-state index is 13.0. The Morgan fingerprint density at radius 3 is 2.35 bits per heavy atom. The SMILES string of the molecule is Cc1cc(/C=C(/C#N)C(=O)N(C)C)c(C)n1-c1ccc(OCc2ccc(F)cc2)cc1. The Kier molecular flexibility index (Phi) is 6.56. The molecule has 0 bridgehead atoms. The molecule has 0 fully saturated rings. The summed E-state index contributed by atoms with van der Waals surface area (Å²) < 4.78 is 20.9. The van der Waals surface area contributed by atoms with E-state index in [1.165, 1.54) is 17.0 Å². The number of likely N-dealkylation sites (N-methyl/N-ethyl adjacent to an activating group) is 1. The summed E-state index contributed by atoms with van der Waals surface area (Å²) in [5.41, 5.74) is 4.66. The van der Waals surface area contributed by atoms with Crippen LogP contribution in [0.15, 0.2) is 60.2 Å². The van der Waals surface area contributed by atoms with Crippen molar-refractivity contribution in [3.8, 4) is 17.5 Å². The van der Waals surface area contributed by atoms with E-state index in [1.54, 1.807) is 32.3 Å². The number of hydrogen-bond acceptors (Lipinski definition) is 3. The molecule has 0 aliphatic heterocycles. The third-order valence-electron chi connectivity index (χ3n) is 4.94. The minimum Gasteiger partial charge on any atom is -0.489 e. The molecule has 0 spiro atoms. The van der Waals surface area contributed by atoms with Gasteiger partial charge in [0, 0.05) is 31.2 Å². The van der Waals surface area contributed by atoms with Crippen molar-refractivity contribution >= 4 is 12.0 Å². The summed E-state index contributed by atoms with van der Waals surface area (Å²) in [7, 11) is 3.24. The Labute approximate surface area is 181 Å². The van der Waals surface area contributed by atoms with Crippen LogP contribution in [0, 0.1) is 31.0 Å². The third-order valence-corrected chi connectivity index (χ3v) is 4.94. The van der Waals surface area contributed by atoms with Gasteiger partial charge in [-0.05, 0) is 73.5 Å². The van der Waals surface area contributed by atoms with Crippen LogP contribution in [0.3, 0.4) is 0 Å². The minimum atomic E-state index is -0.324. The van der Waals surface area contributed by atoms with Gasteiger partial charge in [-0.3, -0.25) is 4.79 Å². The van der Waals surface area contributed by atoms with Crippen LogP contribution in [0.5, 0.6) is 5.75 Å². The van der Waals surface area contributed by atoms with Gasteiger partial charge in [0.15, 0.2) is 0 Å². The highest BCUT2D eigenvalue weighted by Crippen LogP contribution is 2.25. The molecule has 0 saturated heterocycles. The molecule has 5 nitrogen and oxygen atoms in total. The van der Waals surface area contributed by atoms with Crippen LogP contribution in [0.25, 0.3) is 11.8 Å². The van der Waals surface area contributed by atoms with Crippen molar-refractivity contribution in [3.05, 3.63) is 88.5 Å². The summed E-state index contributed by atoms with van der Waals surface area (Å²) in [6.45, 7) is 4.28. The zero-order chi connectivity index (χ0) is 22.5. The number of carbonyl (C=O) groups is 1. The first kappa shape index (κ1) is 21.8. The van der Waals surface area contributed by atoms with Gasteiger partial charge in [0.25, 0.3) is 5.91 Å². The van der Waals surface area contributed by atoms with E-state index in [-0.39, 0.29) is 17.3 Å². The fourth-order valence-electron chi connectivity index (χ4n) is 3.31. The first-order valence-electron chi connectivity index (χ1n) is 9.80. The van der Waals surface area contributed by atoms with Crippen molar-refractivity contribution in [3.63, 3.8) is 0 Å². The molecule has 1 amide bonds. The van der Waals surface area contributed by atoms with Crippen molar-refractivity contribution in [1.82, 2.24) is 9.47 Å². The zero-order valence-electron chi connectivity index (χ0n) is 18.0. The van der Waals surface area contributed by atoms with E-state index in [1.807, 2.05) is 50.2 Å². The Balaban J connectivity index is 1.81. The molecule has 31 heavy (non-hydrogen) atoms. The Hall–Kier alpha value is -3.85. The molecule has 0 saturated carbocycles. The second-order valence-corrected chi connectivity index (χ2v) is 7.44. The Bertz CT molecular complexity index is 1150. The number of benzene rings is 2. The fourth-order valence-corrected chi connectivity index (χ4v) is 3.31. The molecule has 2 aromatic carbocycles. The zero-order valence-corrected chi connectivity index (χ0v) is 18.0. The van der Waals surface area contributed by atoms with E-state index in [4.69, 9.17) is 4.74 Å². The summed E-state index contributed by atoms with van der Waals surface area (Å²) in [6, 6.07) is 17.8. The molecule has 1 aromatic heterocycles. The van der Waals surface area contributed by atoms with E-state index in [2.05, 4.69) is 4.57 Å². The molecule has 0 N–H and O–H groups in total. The van der Waals surface area contributed by atoms with E-state index < -0.39 is 0 Å². The van der Waals surface area contributed by atoms with Gasteiger partial charge in [-0.2, -0.15) is 5.26 Å². The predicted molar refractivity (Wildman–Crippen MR) is 118 cm³/mol. The van der Waals surface area contributed by atoms with Crippen molar-refractivity contribution in [1.29, 1.82) is 5.26 Å². The topological polar surface area (TPSA) is 58.3 Å². The first-order chi connectivity index (χ1) is 14.8. The van der Waals surface area contributed by atoms with Crippen LogP contribution in [-0.4, -0.2) is 29.5 Å². The van der Waals surface area contributed by atoms with Gasteiger partial charge >= 0.3 is 0 Å². The lowest BCUT2D eigenvalue weighted by Gasteiger charge is -2.12. The monoisotopic (exact) mass is 417 g/mol. The second-order valence-electron chi connectivity index (χ2n) is 7.44. The van der Waals surface area contributed by atoms with Crippen molar-refractivity contribution in [2.45, 2.75) is 20.5 Å².